The summed E-state index contributed by atoms with van der Waals surface area (Å²) in [5, 5.41) is 8.25. The molecule has 1 aliphatic rings. The van der Waals surface area contributed by atoms with Crippen molar-refractivity contribution in [3.63, 3.8) is 0 Å². The summed E-state index contributed by atoms with van der Waals surface area (Å²) >= 11 is 3.36. The number of hydrogen-bond acceptors (Lipinski definition) is 4. The van der Waals surface area contributed by atoms with Crippen molar-refractivity contribution in [3.05, 3.63) is 87.4 Å². The quantitative estimate of drug-likeness (QED) is 0.215. The highest BCUT2D eigenvalue weighted by Crippen LogP contribution is 2.34. The Morgan fingerprint density at radius 2 is 1.95 bits per heavy atom. The lowest BCUT2D eigenvalue weighted by atomic mass is 10.1. The predicted molar refractivity (Wildman–Crippen MR) is 132 cm³/mol. The van der Waals surface area contributed by atoms with Crippen LogP contribution in [0.4, 0.5) is 17.6 Å². The molecule has 0 radical (unpaired) electrons. The first kappa shape index (κ1) is 25.4. The van der Waals surface area contributed by atoms with Crippen LogP contribution in [0.25, 0.3) is 5.69 Å². The Morgan fingerprint density at radius 3 is 2.68 bits per heavy atom. The van der Waals surface area contributed by atoms with Crippen LogP contribution in [0, 0.1) is 18.7 Å². The first-order valence-electron chi connectivity index (χ1n) is 11.8. The van der Waals surface area contributed by atoms with Gasteiger partial charge in [-0.3, -0.25) is 9.67 Å². The number of hydrogen-bond donors (Lipinski definition) is 0. The molecule has 0 saturated heterocycles. The van der Waals surface area contributed by atoms with Gasteiger partial charge in [-0.25, -0.2) is 9.07 Å². The standard InChI is InChI=1S/C26H24BrF4N5O/c1-15-24(8-19(27)12-32-15)37-16(2)22-9-20(28)5-6-23(22)36-21(10-25(34-36)26(29,30)31)7-18-11-33-35(14-18)13-17-3-4-17/h5-6,8-12,14,16-17H,3-4,7,13H2,1-2H3/t16-/m1/s1. The molecule has 1 atom stereocenters. The van der Waals surface area contributed by atoms with Crippen molar-refractivity contribution in [2.45, 2.75) is 51.9 Å². The summed E-state index contributed by atoms with van der Waals surface area (Å²) in [5.41, 5.74) is 1.31. The number of benzene rings is 1. The Hall–Kier alpha value is -3.21. The molecule has 0 unspecified atom stereocenters. The van der Waals surface area contributed by atoms with E-state index in [1.165, 1.54) is 35.7 Å². The maximum Gasteiger partial charge on any atom is 0.435 e. The largest absolute Gasteiger partial charge is 0.484 e. The zero-order valence-electron chi connectivity index (χ0n) is 20.1. The minimum atomic E-state index is -4.64. The lowest BCUT2D eigenvalue weighted by Crippen LogP contribution is -2.13. The number of alkyl halides is 3. The van der Waals surface area contributed by atoms with Gasteiger partial charge in [0.1, 0.15) is 17.7 Å². The molecule has 1 aliphatic carbocycles. The Balaban J connectivity index is 1.52. The highest BCUT2D eigenvalue weighted by Gasteiger charge is 2.35. The molecular weight excluding hydrogens is 554 g/mol. The van der Waals surface area contributed by atoms with Crippen molar-refractivity contribution in [2.24, 2.45) is 5.92 Å². The third kappa shape index (κ3) is 5.87. The fraction of sp³-hybridized carbons (Fsp3) is 0.346. The van der Waals surface area contributed by atoms with Gasteiger partial charge in [-0.15, -0.1) is 0 Å². The summed E-state index contributed by atoms with van der Waals surface area (Å²) in [6, 6.07) is 6.64. The van der Waals surface area contributed by atoms with Crippen molar-refractivity contribution in [3.8, 4) is 11.4 Å². The highest BCUT2D eigenvalue weighted by molar-refractivity contribution is 9.10. The van der Waals surface area contributed by atoms with Gasteiger partial charge in [0.15, 0.2) is 5.69 Å². The molecule has 3 aromatic heterocycles. The van der Waals surface area contributed by atoms with Gasteiger partial charge in [-0.05, 0) is 84.4 Å². The van der Waals surface area contributed by atoms with E-state index in [0.29, 0.717) is 38.8 Å². The third-order valence-corrected chi connectivity index (χ3v) is 6.69. The van der Waals surface area contributed by atoms with Crippen LogP contribution in [0.15, 0.2) is 53.4 Å². The van der Waals surface area contributed by atoms with E-state index >= 15 is 0 Å². The lowest BCUT2D eigenvalue weighted by Gasteiger charge is -2.20. The number of nitrogens with zero attached hydrogens (tertiary/aromatic N) is 5. The third-order valence-electron chi connectivity index (χ3n) is 6.25. The van der Waals surface area contributed by atoms with Crippen LogP contribution in [0.2, 0.25) is 0 Å². The van der Waals surface area contributed by atoms with Crippen LogP contribution < -0.4 is 4.74 Å². The van der Waals surface area contributed by atoms with E-state index in [9.17, 15) is 17.6 Å². The summed E-state index contributed by atoms with van der Waals surface area (Å²) in [6.45, 7) is 4.27. The predicted octanol–water partition coefficient (Wildman–Crippen LogP) is 6.83. The molecule has 11 heteroatoms. The number of pyridine rings is 1. The maximum absolute atomic E-state index is 14.4. The molecule has 1 fully saturated rings. The molecule has 0 bridgehead atoms. The Labute approximate surface area is 219 Å². The van der Waals surface area contributed by atoms with E-state index in [1.54, 1.807) is 32.3 Å². The fourth-order valence-corrected chi connectivity index (χ4v) is 4.48. The summed E-state index contributed by atoms with van der Waals surface area (Å²) < 4.78 is 65.3. The van der Waals surface area contributed by atoms with Crippen LogP contribution in [0.3, 0.4) is 0 Å². The lowest BCUT2D eigenvalue weighted by molar-refractivity contribution is -0.141. The van der Waals surface area contributed by atoms with Gasteiger partial charge in [0.2, 0.25) is 0 Å². The average Bonchev–Trinajstić information content (AvgIpc) is 3.36. The van der Waals surface area contributed by atoms with Crippen molar-refractivity contribution in [2.75, 3.05) is 0 Å². The van der Waals surface area contributed by atoms with Gasteiger partial charge in [0, 0.05) is 41.1 Å². The van der Waals surface area contributed by atoms with Gasteiger partial charge < -0.3 is 4.74 Å². The molecule has 0 N–H and O–H groups in total. The van der Waals surface area contributed by atoms with Gasteiger partial charge in [0.25, 0.3) is 0 Å². The Morgan fingerprint density at radius 1 is 1.16 bits per heavy atom. The second kappa shape index (κ2) is 9.92. The van der Waals surface area contributed by atoms with Gasteiger partial charge in [-0.1, -0.05) is 0 Å². The second-order valence-corrected chi connectivity index (χ2v) is 10.2. The SMILES string of the molecule is Cc1ncc(Br)cc1O[C@H](C)c1cc(F)ccc1-n1nc(C(F)(F)F)cc1Cc1cnn(CC2CC2)c1. The van der Waals surface area contributed by atoms with E-state index in [2.05, 4.69) is 31.1 Å². The molecule has 4 aromatic rings. The number of aryl methyl sites for hydroxylation is 1. The van der Waals surface area contributed by atoms with E-state index < -0.39 is 23.8 Å². The zero-order valence-corrected chi connectivity index (χ0v) is 21.7. The molecule has 0 spiro atoms. The molecule has 1 aromatic carbocycles. The molecule has 194 valence electrons. The van der Waals surface area contributed by atoms with Crippen molar-refractivity contribution < 1.29 is 22.3 Å². The molecule has 5 rings (SSSR count). The van der Waals surface area contributed by atoms with E-state index in [-0.39, 0.29) is 6.42 Å². The molecular formula is C26H24BrF4N5O. The first-order valence-corrected chi connectivity index (χ1v) is 12.6. The minimum Gasteiger partial charge on any atom is -0.484 e. The molecule has 37 heavy (non-hydrogen) atoms. The maximum atomic E-state index is 14.4. The Kier molecular flexibility index (Phi) is 6.82. The molecule has 0 amide bonds. The van der Waals surface area contributed by atoms with E-state index in [1.807, 2.05) is 10.9 Å². The number of aromatic nitrogens is 5. The van der Waals surface area contributed by atoms with Crippen molar-refractivity contribution >= 4 is 15.9 Å². The molecule has 6 nitrogen and oxygen atoms in total. The molecule has 1 saturated carbocycles. The Bertz CT molecular complexity index is 1430. The first-order chi connectivity index (χ1) is 17.6. The van der Waals surface area contributed by atoms with Gasteiger partial charge in [-0.2, -0.15) is 23.4 Å². The van der Waals surface area contributed by atoms with Crippen LogP contribution >= 0.6 is 15.9 Å². The average molecular weight is 578 g/mol. The summed E-state index contributed by atoms with van der Waals surface area (Å²) in [5.74, 6) is 0.545. The minimum absolute atomic E-state index is 0.175. The van der Waals surface area contributed by atoms with Crippen molar-refractivity contribution in [1.29, 1.82) is 0 Å². The van der Waals surface area contributed by atoms with E-state index in [4.69, 9.17) is 4.74 Å². The number of halogens is 5. The van der Waals surface area contributed by atoms with Crippen molar-refractivity contribution in [1.82, 2.24) is 24.5 Å². The second-order valence-electron chi connectivity index (χ2n) is 9.32. The topological polar surface area (TPSA) is 57.8 Å². The summed E-state index contributed by atoms with van der Waals surface area (Å²) in [7, 11) is 0. The zero-order chi connectivity index (χ0) is 26.3. The van der Waals surface area contributed by atoms with Crippen LogP contribution in [-0.4, -0.2) is 24.5 Å². The highest BCUT2D eigenvalue weighted by atomic mass is 79.9. The normalized spacial score (nSPS) is 14.7. The number of ether oxygens (including phenoxy) is 1. The molecule has 0 aliphatic heterocycles. The van der Waals surface area contributed by atoms with Gasteiger partial charge in [0.05, 0.1) is 17.6 Å². The molecule has 3 heterocycles. The van der Waals surface area contributed by atoms with Gasteiger partial charge >= 0.3 is 6.18 Å². The van der Waals surface area contributed by atoms with Crippen LogP contribution in [0.5, 0.6) is 5.75 Å². The number of rotatable bonds is 8. The summed E-state index contributed by atoms with van der Waals surface area (Å²) in [6.07, 6.45) is 2.29. The van der Waals surface area contributed by atoms with Crippen LogP contribution in [0.1, 0.15) is 54.1 Å². The fourth-order valence-electron chi connectivity index (χ4n) is 4.17. The van der Waals surface area contributed by atoms with Crippen LogP contribution in [-0.2, 0) is 19.1 Å². The monoisotopic (exact) mass is 577 g/mol. The van der Waals surface area contributed by atoms with E-state index in [0.717, 1.165) is 18.2 Å². The smallest absolute Gasteiger partial charge is 0.435 e. The summed E-state index contributed by atoms with van der Waals surface area (Å²) in [4.78, 5) is 4.24.